The molecule has 1 unspecified atom stereocenters. The van der Waals surface area contributed by atoms with Crippen LogP contribution in [0.15, 0.2) is 59.5 Å². The minimum Gasteiger partial charge on any atom is -0.867 e. The molecule has 0 heterocycles. The van der Waals surface area contributed by atoms with Crippen LogP contribution in [0.2, 0.25) is 0 Å². The molecule has 6 nitrogen and oxygen atoms in total. The van der Waals surface area contributed by atoms with Gasteiger partial charge in [0.15, 0.2) is 10.7 Å². The van der Waals surface area contributed by atoms with Crippen molar-refractivity contribution in [2.24, 2.45) is 5.41 Å². The lowest BCUT2D eigenvalue weighted by atomic mass is 9.72. The highest BCUT2D eigenvalue weighted by molar-refractivity contribution is 7.80. The molecule has 0 N–H and O–H groups in total. The van der Waals surface area contributed by atoms with Crippen molar-refractivity contribution in [2.75, 3.05) is 0 Å². The van der Waals surface area contributed by atoms with Crippen LogP contribution in [0.3, 0.4) is 0 Å². The third kappa shape index (κ3) is 5.22. The molecule has 0 saturated heterocycles. The van der Waals surface area contributed by atoms with Crippen LogP contribution in [0.25, 0.3) is 15.7 Å². The molecule has 0 radical (unpaired) electrons. The van der Waals surface area contributed by atoms with Crippen molar-refractivity contribution in [3.05, 3.63) is 65.1 Å². The number of diazo groups is 1. The lowest BCUT2D eigenvalue weighted by Gasteiger charge is -2.33. The largest absolute Gasteiger partial charge is 0.867 e. The molecule has 162 valence electrons. The van der Waals surface area contributed by atoms with Gasteiger partial charge in [0.2, 0.25) is 16.5 Å². The first kappa shape index (κ1) is 22.7. The Morgan fingerprint density at radius 1 is 1.00 bits per heavy atom. The van der Waals surface area contributed by atoms with Gasteiger partial charge in [-0.2, -0.15) is 0 Å². The highest BCUT2D eigenvalue weighted by atomic mass is 32.2. The molecule has 0 amide bonds. The quantitative estimate of drug-likeness (QED) is 0.262. The molecule has 0 bridgehead atoms. The number of rotatable bonds is 6. The normalized spacial score (nSPS) is 13.0. The Morgan fingerprint density at radius 3 is 2.19 bits per heavy atom. The Morgan fingerprint density at radius 2 is 1.61 bits per heavy atom. The van der Waals surface area contributed by atoms with Gasteiger partial charge in [-0.1, -0.05) is 75.4 Å². The van der Waals surface area contributed by atoms with E-state index in [2.05, 4.69) is 39.6 Å². The van der Waals surface area contributed by atoms with Crippen molar-refractivity contribution >= 4 is 27.5 Å². The van der Waals surface area contributed by atoms with Gasteiger partial charge in [-0.3, -0.25) is 0 Å². The molecule has 0 spiro atoms. The molecule has 0 aliphatic rings. The van der Waals surface area contributed by atoms with Crippen LogP contribution in [0, 0.1) is 10.8 Å². The average molecular weight is 439 g/mol. The highest BCUT2D eigenvalue weighted by Crippen LogP contribution is 2.38. The van der Waals surface area contributed by atoms with Crippen LogP contribution in [0.1, 0.15) is 46.6 Å². The number of benzene rings is 3. The summed E-state index contributed by atoms with van der Waals surface area (Å²) in [5.41, 5.74) is 1.14. The fourth-order valence-electron chi connectivity index (χ4n) is 4.01. The summed E-state index contributed by atoms with van der Waals surface area (Å²) in [5, 5.41) is 22.1. The van der Waals surface area contributed by atoms with E-state index in [1.54, 1.807) is 36.4 Å². The van der Waals surface area contributed by atoms with Gasteiger partial charge in [-0.25, -0.2) is 4.21 Å². The van der Waals surface area contributed by atoms with Crippen LogP contribution < -0.4 is 9.99 Å². The average Bonchev–Trinajstić information content (AvgIpc) is 2.71. The molecule has 3 aromatic rings. The first-order valence-electron chi connectivity index (χ1n) is 9.97. The molecule has 0 aromatic heterocycles. The van der Waals surface area contributed by atoms with Gasteiger partial charge < -0.3 is 9.99 Å². The Kier molecular flexibility index (Phi) is 6.35. The number of fused-ring (bicyclic) bond motifs is 1. The van der Waals surface area contributed by atoms with E-state index in [-0.39, 0.29) is 26.8 Å². The van der Waals surface area contributed by atoms with E-state index >= 15 is 0 Å². The monoisotopic (exact) mass is 438 g/mol. The molecular weight excluding hydrogens is 412 g/mol. The zero-order valence-corrected chi connectivity index (χ0v) is 19.2. The predicted octanol–water partition coefficient (Wildman–Crippen LogP) is 6.14. The van der Waals surface area contributed by atoms with Gasteiger partial charge in [0, 0.05) is 5.39 Å². The topological polar surface area (TPSA) is 86.7 Å². The maximum absolute atomic E-state index is 12.7. The smallest absolute Gasteiger partial charge is 0.379 e. The van der Waals surface area contributed by atoms with Crippen molar-refractivity contribution in [3.63, 3.8) is 0 Å². The first-order chi connectivity index (χ1) is 14.5. The fourth-order valence-corrected chi connectivity index (χ4v) is 4.79. The summed E-state index contributed by atoms with van der Waals surface area (Å²) in [6, 6.07) is 15.3. The highest BCUT2D eigenvalue weighted by Gasteiger charge is 2.27. The van der Waals surface area contributed by atoms with Crippen LogP contribution >= 0.6 is 0 Å². The zero-order chi connectivity index (χ0) is 22.8. The molecule has 1 atom stereocenters. The van der Waals surface area contributed by atoms with Gasteiger partial charge in [-0.05, 0) is 46.1 Å². The molecule has 3 rings (SSSR count). The van der Waals surface area contributed by atoms with Crippen LogP contribution in [-0.4, -0.2) is 4.21 Å². The molecule has 0 aliphatic heterocycles. The van der Waals surface area contributed by atoms with Crippen molar-refractivity contribution in [3.8, 4) is 11.5 Å². The van der Waals surface area contributed by atoms with Crippen molar-refractivity contribution < 1.29 is 18.5 Å². The summed E-state index contributed by atoms with van der Waals surface area (Å²) in [5.74, 6) is -0.0475. The van der Waals surface area contributed by atoms with E-state index in [1.807, 2.05) is 12.1 Å². The number of nitrogens with zero attached hydrogens (tertiary/aromatic N) is 2. The number of hydrogen-bond donors (Lipinski definition) is 0. The maximum Gasteiger partial charge on any atom is 0.379 e. The summed E-state index contributed by atoms with van der Waals surface area (Å²) >= 11 is -2.05. The van der Waals surface area contributed by atoms with Gasteiger partial charge in [0.25, 0.3) is 0 Å². The molecule has 0 saturated carbocycles. The van der Waals surface area contributed by atoms with Crippen LogP contribution in [0.5, 0.6) is 11.5 Å². The van der Waals surface area contributed by atoms with E-state index in [9.17, 15) is 9.32 Å². The summed E-state index contributed by atoms with van der Waals surface area (Å²) in [4.78, 5) is 8.45. The van der Waals surface area contributed by atoms with E-state index in [1.165, 1.54) is 11.6 Å². The molecule has 7 heteroatoms. The predicted molar refractivity (Wildman–Crippen MR) is 120 cm³/mol. The van der Waals surface area contributed by atoms with Gasteiger partial charge in [0.1, 0.15) is 0 Å². The van der Waals surface area contributed by atoms with Crippen LogP contribution in [-0.2, 0) is 20.8 Å². The third-order valence-electron chi connectivity index (χ3n) is 5.03. The summed E-state index contributed by atoms with van der Waals surface area (Å²) in [7, 11) is 0. The SMILES string of the molecule is CC(C)(C)CC(C)(C)c1ccc(OOS(=O)c2cc([N+]#N)c([O-])c3ccccc23)cc1. The minimum atomic E-state index is -2.05. The van der Waals surface area contributed by atoms with Crippen LogP contribution in [0.4, 0.5) is 5.69 Å². The molecule has 0 aliphatic carbocycles. The fraction of sp³-hybridized carbons (Fsp3) is 0.333. The van der Waals surface area contributed by atoms with Crippen molar-refractivity contribution in [2.45, 2.75) is 51.3 Å². The number of hydrogen-bond acceptors (Lipinski definition) is 5. The van der Waals surface area contributed by atoms with Gasteiger partial charge in [-0.15, -0.1) is 0 Å². The Labute approximate surface area is 185 Å². The van der Waals surface area contributed by atoms with E-state index in [4.69, 9.17) is 14.6 Å². The summed E-state index contributed by atoms with van der Waals surface area (Å²) in [6.07, 6.45) is 1.02. The Hall–Kier alpha value is -2.95. The second kappa shape index (κ2) is 8.66. The maximum atomic E-state index is 12.7. The van der Waals surface area contributed by atoms with E-state index in [0.29, 0.717) is 11.1 Å². The zero-order valence-electron chi connectivity index (χ0n) is 18.3. The van der Waals surface area contributed by atoms with E-state index < -0.39 is 16.8 Å². The molecule has 3 aromatic carbocycles. The molecular formula is C24H26N2O4S. The van der Waals surface area contributed by atoms with Crippen molar-refractivity contribution in [1.29, 1.82) is 5.39 Å². The second-order valence-electron chi connectivity index (χ2n) is 9.40. The summed E-state index contributed by atoms with van der Waals surface area (Å²) < 4.78 is 17.8. The lowest BCUT2D eigenvalue weighted by Crippen LogP contribution is -2.24. The lowest BCUT2D eigenvalue weighted by molar-refractivity contribution is -0.264. The van der Waals surface area contributed by atoms with Gasteiger partial charge >= 0.3 is 5.69 Å². The molecule has 0 fully saturated rings. The molecule has 31 heavy (non-hydrogen) atoms. The summed E-state index contributed by atoms with van der Waals surface area (Å²) in [6.45, 7) is 11.1. The Bertz CT molecular complexity index is 1160. The third-order valence-corrected chi connectivity index (χ3v) is 5.91. The van der Waals surface area contributed by atoms with Crippen molar-refractivity contribution in [1.82, 2.24) is 0 Å². The first-order valence-corrected chi connectivity index (χ1v) is 11.0. The second-order valence-corrected chi connectivity index (χ2v) is 10.4. The standard InChI is InChI=1S/C24H26N2O4S/c1-23(2,3)15-24(4,5)16-10-12-17(13-11-16)29-30-31(28)21-14-20(26-25)22(27)19-9-7-6-8-18(19)21/h6-14H,15H2,1-5H3. The Balaban J connectivity index is 1.78. The van der Waals surface area contributed by atoms with Gasteiger partial charge in [0.05, 0.1) is 11.0 Å². The minimum absolute atomic E-state index is 0.0103. The van der Waals surface area contributed by atoms with E-state index in [0.717, 1.165) is 6.42 Å².